The predicted molar refractivity (Wildman–Crippen MR) is 104 cm³/mol. The first-order valence-electron chi connectivity index (χ1n) is 9.18. The number of hydrogen-bond acceptors (Lipinski definition) is 3. The smallest absolute Gasteiger partial charge is 0.243 e. The second-order valence-electron chi connectivity index (χ2n) is 6.83. The van der Waals surface area contributed by atoms with Crippen molar-refractivity contribution in [2.45, 2.75) is 26.2 Å². The average Bonchev–Trinajstić information content (AvgIpc) is 3.14. The third-order valence-corrected chi connectivity index (χ3v) is 4.63. The van der Waals surface area contributed by atoms with Crippen molar-refractivity contribution in [3.05, 3.63) is 59.4 Å². The molecule has 142 valence electrons. The van der Waals surface area contributed by atoms with E-state index in [-0.39, 0.29) is 30.6 Å². The summed E-state index contributed by atoms with van der Waals surface area (Å²) in [4.78, 5) is 26.3. The third-order valence-electron chi connectivity index (χ3n) is 4.63. The highest BCUT2D eigenvalue weighted by atomic mass is 19.1. The lowest BCUT2D eigenvalue weighted by molar-refractivity contribution is -0.123. The molecule has 1 fully saturated rings. The van der Waals surface area contributed by atoms with Gasteiger partial charge in [-0.25, -0.2) is 4.39 Å². The van der Waals surface area contributed by atoms with Crippen LogP contribution in [-0.4, -0.2) is 31.4 Å². The first-order chi connectivity index (χ1) is 13.0. The van der Waals surface area contributed by atoms with Crippen molar-refractivity contribution in [1.82, 2.24) is 5.32 Å². The highest BCUT2D eigenvalue weighted by Crippen LogP contribution is 2.26. The van der Waals surface area contributed by atoms with E-state index in [1.165, 1.54) is 30.7 Å². The quantitative estimate of drug-likeness (QED) is 0.823. The summed E-state index contributed by atoms with van der Waals surface area (Å²) in [5.41, 5.74) is 3.60. The van der Waals surface area contributed by atoms with Crippen molar-refractivity contribution in [1.29, 1.82) is 0 Å². The average molecular weight is 369 g/mol. The molecule has 5 nitrogen and oxygen atoms in total. The highest BCUT2D eigenvalue weighted by Gasteiger charge is 2.15. The fourth-order valence-corrected chi connectivity index (χ4v) is 3.32. The number of anilines is 2. The van der Waals surface area contributed by atoms with Crippen LogP contribution in [0.25, 0.3) is 0 Å². The molecule has 1 saturated heterocycles. The minimum Gasteiger partial charge on any atom is -0.371 e. The van der Waals surface area contributed by atoms with E-state index < -0.39 is 0 Å². The molecule has 2 N–H and O–H groups in total. The monoisotopic (exact) mass is 369 g/mol. The second kappa shape index (κ2) is 8.66. The van der Waals surface area contributed by atoms with Gasteiger partial charge >= 0.3 is 0 Å². The molecule has 0 radical (unpaired) electrons. The molecule has 0 atom stereocenters. The molecule has 2 aromatic rings. The van der Waals surface area contributed by atoms with Crippen LogP contribution < -0.4 is 15.5 Å². The number of halogens is 1. The zero-order valence-corrected chi connectivity index (χ0v) is 15.4. The zero-order valence-electron chi connectivity index (χ0n) is 15.4. The van der Waals surface area contributed by atoms with E-state index in [1.807, 2.05) is 25.1 Å². The summed E-state index contributed by atoms with van der Waals surface area (Å²) in [5, 5.41) is 5.36. The first kappa shape index (κ1) is 18.9. The standard InChI is InChI=1S/C21H24FN3O2/c1-15-11-18(7-8-19(15)25-9-2-3-10-25)24-21(27)14-23-20(26)13-16-5-4-6-17(22)12-16/h4-8,11-12H,2-3,9-10,13-14H2,1H3,(H,23,26)(H,24,27). The van der Waals surface area contributed by atoms with Crippen LogP contribution in [0, 0.1) is 12.7 Å². The van der Waals surface area contributed by atoms with E-state index in [4.69, 9.17) is 0 Å². The van der Waals surface area contributed by atoms with Gasteiger partial charge in [-0.15, -0.1) is 0 Å². The van der Waals surface area contributed by atoms with Crippen LogP contribution in [0.15, 0.2) is 42.5 Å². The van der Waals surface area contributed by atoms with E-state index in [2.05, 4.69) is 15.5 Å². The number of benzene rings is 2. The number of amides is 2. The van der Waals surface area contributed by atoms with Gasteiger partial charge in [0, 0.05) is 24.5 Å². The Morgan fingerprint density at radius 1 is 1.07 bits per heavy atom. The second-order valence-corrected chi connectivity index (χ2v) is 6.83. The van der Waals surface area contributed by atoms with Gasteiger partial charge in [0.15, 0.2) is 0 Å². The lowest BCUT2D eigenvalue weighted by atomic mass is 10.1. The minimum absolute atomic E-state index is 0.0364. The summed E-state index contributed by atoms with van der Waals surface area (Å²) >= 11 is 0. The SMILES string of the molecule is Cc1cc(NC(=O)CNC(=O)Cc2cccc(F)c2)ccc1N1CCCC1. The number of nitrogens with one attached hydrogen (secondary N) is 2. The Morgan fingerprint density at radius 3 is 2.56 bits per heavy atom. The Labute approximate surface area is 158 Å². The topological polar surface area (TPSA) is 61.4 Å². The van der Waals surface area contributed by atoms with E-state index in [1.54, 1.807) is 12.1 Å². The van der Waals surface area contributed by atoms with Gasteiger partial charge in [0.05, 0.1) is 13.0 Å². The maximum Gasteiger partial charge on any atom is 0.243 e. The summed E-state index contributed by atoms with van der Waals surface area (Å²) in [6.45, 7) is 4.05. The minimum atomic E-state index is -0.384. The van der Waals surface area contributed by atoms with Crippen LogP contribution >= 0.6 is 0 Å². The summed E-state index contributed by atoms with van der Waals surface area (Å²) in [5.74, 6) is -1.00. The molecule has 27 heavy (non-hydrogen) atoms. The molecule has 0 aromatic heterocycles. The predicted octanol–water partition coefficient (Wildman–Crippen LogP) is 3.03. The molecule has 1 heterocycles. The van der Waals surface area contributed by atoms with Crippen LogP contribution in [0.2, 0.25) is 0 Å². The Bertz CT molecular complexity index is 832. The Hall–Kier alpha value is -2.89. The van der Waals surface area contributed by atoms with Crippen LogP contribution in [0.4, 0.5) is 15.8 Å². The fraction of sp³-hybridized carbons (Fsp3) is 0.333. The molecule has 6 heteroatoms. The van der Waals surface area contributed by atoms with Gasteiger partial charge in [-0.05, 0) is 61.2 Å². The van der Waals surface area contributed by atoms with Gasteiger partial charge in [-0.1, -0.05) is 12.1 Å². The summed E-state index contributed by atoms with van der Waals surface area (Å²) in [6.07, 6.45) is 2.47. The van der Waals surface area contributed by atoms with Gasteiger partial charge in [0.1, 0.15) is 5.82 Å². The molecule has 0 unspecified atom stereocenters. The molecule has 0 spiro atoms. The van der Waals surface area contributed by atoms with E-state index in [0.29, 0.717) is 11.3 Å². The molecule has 0 aliphatic carbocycles. The molecular weight excluding hydrogens is 345 g/mol. The fourth-order valence-electron chi connectivity index (χ4n) is 3.32. The lowest BCUT2D eigenvalue weighted by Gasteiger charge is -2.20. The van der Waals surface area contributed by atoms with Gasteiger partial charge in [0.25, 0.3) is 0 Å². The molecule has 2 amide bonds. The van der Waals surface area contributed by atoms with Gasteiger partial charge < -0.3 is 15.5 Å². The molecule has 1 aliphatic heterocycles. The highest BCUT2D eigenvalue weighted by molar-refractivity contribution is 5.95. The largest absolute Gasteiger partial charge is 0.371 e. The maximum atomic E-state index is 13.1. The van der Waals surface area contributed by atoms with Crippen molar-refractivity contribution in [3.63, 3.8) is 0 Å². The van der Waals surface area contributed by atoms with Gasteiger partial charge in [0.2, 0.25) is 11.8 Å². The number of aryl methyl sites for hydroxylation is 1. The van der Waals surface area contributed by atoms with Crippen LogP contribution in [0.3, 0.4) is 0 Å². The van der Waals surface area contributed by atoms with Crippen molar-refractivity contribution < 1.29 is 14.0 Å². The van der Waals surface area contributed by atoms with Crippen molar-refractivity contribution in [3.8, 4) is 0 Å². The van der Waals surface area contributed by atoms with Crippen LogP contribution in [0.5, 0.6) is 0 Å². The Kier molecular flexibility index (Phi) is 6.06. The molecular formula is C21H24FN3O2. The number of carbonyl (C=O) groups is 2. The molecule has 0 bridgehead atoms. The third kappa shape index (κ3) is 5.29. The van der Waals surface area contributed by atoms with Crippen LogP contribution in [-0.2, 0) is 16.0 Å². The van der Waals surface area contributed by atoms with E-state index in [0.717, 1.165) is 18.7 Å². The number of nitrogens with zero attached hydrogens (tertiary/aromatic N) is 1. The normalized spacial score (nSPS) is 13.5. The van der Waals surface area contributed by atoms with Crippen LogP contribution in [0.1, 0.15) is 24.0 Å². The zero-order chi connectivity index (χ0) is 19.2. The summed E-state index contributed by atoms with van der Waals surface area (Å²) < 4.78 is 13.1. The molecule has 0 saturated carbocycles. The summed E-state index contributed by atoms with van der Waals surface area (Å²) in [7, 11) is 0. The van der Waals surface area contributed by atoms with Crippen molar-refractivity contribution >= 4 is 23.2 Å². The maximum absolute atomic E-state index is 13.1. The number of rotatable bonds is 6. The van der Waals surface area contributed by atoms with Gasteiger partial charge in [-0.2, -0.15) is 0 Å². The van der Waals surface area contributed by atoms with E-state index >= 15 is 0 Å². The van der Waals surface area contributed by atoms with Gasteiger partial charge in [-0.3, -0.25) is 9.59 Å². The van der Waals surface area contributed by atoms with E-state index in [9.17, 15) is 14.0 Å². The summed E-state index contributed by atoms with van der Waals surface area (Å²) in [6, 6.07) is 11.7. The number of hydrogen-bond donors (Lipinski definition) is 2. The molecule has 3 rings (SSSR count). The molecule has 2 aromatic carbocycles. The first-order valence-corrected chi connectivity index (χ1v) is 9.18. The lowest BCUT2D eigenvalue weighted by Crippen LogP contribution is -2.33. The molecule has 1 aliphatic rings. The number of carbonyl (C=O) groups excluding carboxylic acids is 2. The Morgan fingerprint density at radius 2 is 1.85 bits per heavy atom. The van der Waals surface area contributed by atoms with Crippen molar-refractivity contribution in [2.24, 2.45) is 0 Å². The van der Waals surface area contributed by atoms with Crippen molar-refractivity contribution in [2.75, 3.05) is 29.9 Å². The Balaban J connectivity index is 1.48.